The standard InChI is InChI=1S/C18H28N8S/c1-15-23-16(14-27-15)13-24(3)17(19-2)22-7-8-25-9-11-26(12-10-25)18-20-5-4-6-21-18/h4-6,14H,7-13H2,1-3H3,(H,19,22). The van der Waals surface area contributed by atoms with E-state index in [1.807, 2.05) is 27.1 Å². The van der Waals surface area contributed by atoms with Gasteiger partial charge in [0.25, 0.3) is 0 Å². The molecule has 3 heterocycles. The zero-order valence-corrected chi connectivity index (χ0v) is 17.1. The zero-order valence-electron chi connectivity index (χ0n) is 16.3. The number of aryl methyl sites for hydroxylation is 1. The number of guanidine groups is 1. The van der Waals surface area contributed by atoms with Crippen LogP contribution >= 0.6 is 11.3 Å². The molecule has 2 aromatic rings. The number of nitrogens with zero attached hydrogens (tertiary/aromatic N) is 7. The average molecular weight is 389 g/mol. The predicted molar refractivity (Wildman–Crippen MR) is 110 cm³/mol. The van der Waals surface area contributed by atoms with Crippen molar-refractivity contribution in [2.75, 3.05) is 58.3 Å². The number of rotatable bonds is 6. The van der Waals surface area contributed by atoms with Crippen molar-refractivity contribution >= 4 is 23.2 Å². The average Bonchev–Trinajstić information content (AvgIpc) is 3.11. The van der Waals surface area contributed by atoms with Gasteiger partial charge in [-0.1, -0.05) is 0 Å². The van der Waals surface area contributed by atoms with E-state index in [9.17, 15) is 0 Å². The summed E-state index contributed by atoms with van der Waals surface area (Å²) in [5, 5.41) is 6.66. The lowest BCUT2D eigenvalue weighted by atomic mass is 10.3. The van der Waals surface area contributed by atoms with E-state index >= 15 is 0 Å². The van der Waals surface area contributed by atoms with Gasteiger partial charge in [0.1, 0.15) is 0 Å². The van der Waals surface area contributed by atoms with Crippen LogP contribution in [0.25, 0.3) is 0 Å². The summed E-state index contributed by atoms with van der Waals surface area (Å²) >= 11 is 1.68. The molecule has 0 atom stereocenters. The van der Waals surface area contributed by atoms with Gasteiger partial charge < -0.3 is 15.1 Å². The zero-order chi connectivity index (χ0) is 19.1. The molecule has 1 aliphatic heterocycles. The minimum Gasteiger partial charge on any atom is -0.355 e. The van der Waals surface area contributed by atoms with E-state index < -0.39 is 0 Å². The highest BCUT2D eigenvalue weighted by Crippen LogP contribution is 2.10. The summed E-state index contributed by atoms with van der Waals surface area (Å²) < 4.78 is 0. The summed E-state index contributed by atoms with van der Waals surface area (Å²) in [6, 6.07) is 1.85. The summed E-state index contributed by atoms with van der Waals surface area (Å²) in [6.45, 7) is 8.62. The fourth-order valence-electron chi connectivity index (χ4n) is 3.14. The van der Waals surface area contributed by atoms with Gasteiger partial charge in [-0.05, 0) is 13.0 Å². The van der Waals surface area contributed by atoms with Gasteiger partial charge in [-0.25, -0.2) is 15.0 Å². The molecule has 1 aliphatic rings. The van der Waals surface area contributed by atoms with Crippen molar-refractivity contribution in [3.8, 4) is 0 Å². The van der Waals surface area contributed by atoms with Gasteiger partial charge in [0.15, 0.2) is 5.96 Å². The summed E-state index contributed by atoms with van der Waals surface area (Å²) in [5.41, 5.74) is 1.09. The van der Waals surface area contributed by atoms with E-state index in [0.29, 0.717) is 0 Å². The molecule has 8 nitrogen and oxygen atoms in total. The third-order valence-corrected chi connectivity index (χ3v) is 5.38. The van der Waals surface area contributed by atoms with Gasteiger partial charge in [0.05, 0.1) is 17.2 Å². The van der Waals surface area contributed by atoms with Crippen molar-refractivity contribution < 1.29 is 0 Å². The second-order valence-corrected chi connectivity index (χ2v) is 7.63. The van der Waals surface area contributed by atoms with Crippen LogP contribution in [-0.2, 0) is 6.54 Å². The molecule has 1 saturated heterocycles. The Morgan fingerprint density at radius 3 is 2.63 bits per heavy atom. The molecule has 0 unspecified atom stereocenters. The molecule has 3 rings (SSSR count). The van der Waals surface area contributed by atoms with Gasteiger partial charge in [-0.15, -0.1) is 11.3 Å². The van der Waals surface area contributed by atoms with Crippen LogP contribution in [0.5, 0.6) is 0 Å². The third kappa shape index (κ3) is 5.61. The highest BCUT2D eigenvalue weighted by Gasteiger charge is 2.18. The molecule has 0 radical (unpaired) electrons. The first kappa shape index (κ1) is 19.5. The summed E-state index contributed by atoms with van der Waals surface area (Å²) in [4.78, 5) is 24.4. The molecule has 0 amide bonds. The quantitative estimate of drug-likeness (QED) is 0.586. The largest absolute Gasteiger partial charge is 0.355 e. The molecule has 146 valence electrons. The van der Waals surface area contributed by atoms with Gasteiger partial charge in [0.2, 0.25) is 5.95 Å². The Labute approximate surface area is 165 Å². The molecule has 0 aliphatic carbocycles. The van der Waals surface area contributed by atoms with Crippen molar-refractivity contribution in [3.63, 3.8) is 0 Å². The van der Waals surface area contributed by atoms with E-state index in [1.54, 1.807) is 23.7 Å². The molecule has 0 bridgehead atoms. The van der Waals surface area contributed by atoms with E-state index in [2.05, 4.69) is 45.3 Å². The maximum Gasteiger partial charge on any atom is 0.225 e. The minimum absolute atomic E-state index is 0.764. The summed E-state index contributed by atoms with van der Waals surface area (Å²) in [5.74, 6) is 1.73. The molecule has 27 heavy (non-hydrogen) atoms. The number of aromatic nitrogens is 3. The molecule has 2 aromatic heterocycles. The van der Waals surface area contributed by atoms with Gasteiger partial charge >= 0.3 is 0 Å². The first-order valence-corrected chi connectivity index (χ1v) is 10.1. The van der Waals surface area contributed by atoms with Crippen molar-refractivity contribution in [1.29, 1.82) is 0 Å². The Kier molecular flexibility index (Phi) is 6.94. The summed E-state index contributed by atoms with van der Waals surface area (Å²) in [7, 11) is 3.87. The highest BCUT2D eigenvalue weighted by atomic mass is 32.1. The molecule has 0 aromatic carbocycles. The van der Waals surface area contributed by atoms with Gasteiger partial charge in [0, 0.05) is 71.1 Å². The smallest absolute Gasteiger partial charge is 0.225 e. The minimum atomic E-state index is 0.764. The second-order valence-electron chi connectivity index (χ2n) is 6.57. The second kappa shape index (κ2) is 9.61. The molecule has 1 fully saturated rings. The SMILES string of the molecule is CN=C(NCCN1CCN(c2ncccn2)CC1)N(C)Cc1csc(C)n1. The normalized spacial score (nSPS) is 15.8. The number of thiazole rings is 1. The highest BCUT2D eigenvalue weighted by molar-refractivity contribution is 7.09. The van der Waals surface area contributed by atoms with Crippen LogP contribution in [0.2, 0.25) is 0 Å². The van der Waals surface area contributed by atoms with E-state index in [-0.39, 0.29) is 0 Å². The lowest BCUT2D eigenvalue weighted by molar-refractivity contribution is 0.259. The lowest BCUT2D eigenvalue weighted by Crippen LogP contribution is -2.49. The maximum absolute atomic E-state index is 4.52. The Morgan fingerprint density at radius 2 is 2.00 bits per heavy atom. The summed E-state index contributed by atoms with van der Waals surface area (Å²) in [6.07, 6.45) is 3.60. The van der Waals surface area contributed by atoms with E-state index in [1.165, 1.54) is 0 Å². The lowest BCUT2D eigenvalue weighted by Gasteiger charge is -2.34. The molecule has 9 heteroatoms. The number of piperazine rings is 1. The number of nitrogens with one attached hydrogen (secondary N) is 1. The predicted octanol–water partition coefficient (Wildman–Crippen LogP) is 1.07. The maximum atomic E-state index is 4.52. The van der Waals surface area contributed by atoms with Crippen molar-refractivity contribution in [3.05, 3.63) is 34.5 Å². The third-order valence-electron chi connectivity index (χ3n) is 4.56. The van der Waals surface area contributed by atoms with Crippen LogP contribution < -0.4 is 10.2 Å². The Bertz CT molecular complexity index is 724. The fourth-order valence-corrected chi connectivity index (χ4v) is 3.74. The van der Waals surface area contributed by atoms with Crippen molar-refractivity contribution in [2.24, 2.45) is 4.99 Å². The molecular weight excluding hydrogens is 360 g/mol. The van der Waals surface area contributed by atoms with Crippen LogP contribution in [0.4, 0.5) is 5.95 Å². The number of anilines is 1. The number of aliphatic imine (C=N–C) groups is 1. The Balaban J connectivity index is 1.38. The van der Waals surface area contributed by atoms with Gasteiger partial charge in [-0.3, -0.25) is 9.89 Å². The topological polar surface area (TPSA) is 72.8 Å². The first-order chi connectivity index (χ1) is 13.2. The van der Waals surface area contributed by atoms with E-state index in [0.717, 1.165) is 68.4 Å². The van der Waals surface area contributed by atoms with Crippen LogP contribution in [-0.4, -0.2) is 84.1 Å². The number of hydrogen-bond donors (Lipinski definition) is 1. The monoisotopic (exact) mass is 388 g/mol. The molecular formula is C18H28N8S. The Morgan fingerprint density at radius 1 is 1.26 bits per heavy atom. The van der Waals surface area contributed by atoms with E-state index in [4.69, 9.17) is 0 Å². The Hall–Kier alpha value is -2.26. The van der Waals surface area contributed by atoms with Crippen molar-refractivity contribution in [2.45, 2.75) is 13.5 Å². The van der Waals surface area contributed by atoms with Crippen LogP contribution in [0.15, 0.2) is 28.8 Å². The molecule has 0 spiro atoms. The van der Waals surface area contributed by atoms with Gasteiger partial charge in [-0.2, -0.15) is 0 Å². The molecule has 1 N–H and O–H groups in total. The fraction of sp³-hybridized carbons (Fsp3) is 0.556. The van der Waals surface area contributed by atoms with Crippen LogP contribution in [0.1, 0.15) is 10.7 Å². The number of hydrogen-bond acceptors (Lipinski definition) is 7. The van der Waals surface area contributed by atoms with Crippen molar-refractivity contribution in [1.82, 2.24) is 30.1 Å². The van der Waals surface area contributed by atoms with Crippen LogP contribution in [0.3, 0.4) is 0 Å². The van der Waals surface area contributed by atoms with Crippen LogP contribution in [0, 0.1) is 6.92 Å². The first-order valence-electron chi connectivity index (χ1n) is 9.23. The molecule has 0 saturated carbocycles.